The Morgan fingerprint density at radius 1 is 1.38 bits per heavy atom. The molecule has 1 saturated heterocycles. The standard InChI is InChI=1S/C17H26N2O2/c1-13(2)17(21)18(3)16(14-7-5-4-6-8-14)12-19-10-9-15(20)11-19/h4-8,13,15-16,20H,9-12H2,1-3H3. The minimum Gasteiger partial charge on any atom is -0.392 e. The molecule has 1 aliphatic heterocycles. The van der Waals surface area contributed by atoms with Crippen molar-refractivity contribution in [1.82, 2.24) is 9.80 Å². The Morgan fingerprint density at radius 2 is 2.05 bits per heavy atom. The molecule has 2 rings (SSSR count). The van der Waals surface area contributed by atoms with Gasteiger partial charge in [0, 0.05) is 32.6 Å². The van der Waals surface area contributed by atoms with Gasteiger partial charge in [-0.1, -0.05) is 44.2 Å². The largest absolute Gasteiger partial charge is 0.392 e. The molecule has 0 saturated carbocycles. The van der Waals surface area contributed by atoms with E-state index >= 15 is 0 Å². The van der Waals surface area contributed by atoms with Crippen LogP contribution in [-0.4, -0.2) is 53.6 Å². The summed E-state index contributed by atoms with van der Waals surface area (Å²) in [7, 11) is 1.88. The van der Waals surface area contributed by atoms with Gasteiger partial charge in [0.2, 0.25) is 5.91 Å². The molecule has 1 aromatic carbocycles. The van der Waals surface area contributed by atoms with Crippen molar-refractivity contribution in [3.8, 4) is 0 Å². The number of likely N-dealkylation sites (N-methyl/N-ethyl adjacent to an activating group) is 1. The van der Waals surface area contributed by atoms with Crippen molar-refractivity contribution in [2.24, 2.45) is 5.92 Å². The zero-order valence-corrected chi connectivity index (χ0v) is 13.2. The Bertz CT molecular complexity index is 461. The lowest BCUT2D eigenvalue weighted by molar-refractivity contribution is -0.135. The molecule has 2 unspecified atom stereocenters. The van der Waals surface area contributed by atoms with E-state index in [4.69, 9.17) is 0 Å². The third kappa shape index (κ3) is 4.05. The molecule has 1 heterocycles. The third-order valence-corrected chi connectivity index (χ3v) is 4.17. The van der Waals surface area contributed by atoms with Gasteiger partial charge in [0.25, 0.3) is 0 Å². The minimum atomic E-state index is -0.229. The fourth-order valence-electron chi connectivity index (χ4n) is 2.91. The summed E-state index contributed by atoms with van der Waals surface area (Å²) in [6.07, 6.45) is 0.594. The van der Waals surface area contributed by atoms with Gasteiger partial charge in [-0.05, 0) is 12.0 Å². The van der Waals surface area contributed by atoms with Crippen molar-refractivity contribution >= 4 is 5.91 Å². The average molecular weight is 290 g/mol. The van der Waals surface area contributed by atoms with Crippen molar-refractivity contribution in [2.75, 3.05) is 26.7 Å². The van der Waals surface area contributed by atoms with Crippen molar-refractivity contribution in [1.29, 1.82) is 0 Å². The van der Waals surface area contributed by atoms with Gasteiger partial charge in [0.1, 0.15) is 0 Å². The average Bonchev–Trinajstić information content (AvgIpc) is 2.89. The van der Waals surface area contributed by atoms with Crippen LogP contribution in [0.3, 0.4) is 0 Å². The Balaban J connectivity index is 2.16. The first kappa shape index (κ1) is 16.0. The van der Waals surface area contributed by atoms with Crippen LogP contribution in [-0.2, 0) is 4.79 Å². The molecule has 0 radical (unpaired) electrons. The van der Waals surface area contributed by atoms with Crippen molar-refractivity contribution in [3.63, 3.8) is 0 Å². The monoisotopic (exact) mass is 290 g/mol. The molecule has 1 N–H and O–H groups in total. The molecule has 2 atom stereocenters. The Labute approximate surface area is 127 Å². The predicted octanol–water partition coefficient (Wildman–Crippen LogP) is 1.91. The number of carbonyl (C=O) groups is 1. The Kier molecular flexibility index (Phi) is 5.37. The van der Waals surface area contributed by atoms with Crippen LogP contribution in [0.2, 0.25) is 0 Å². The van der Waals surface area contributed by atoms with E-state index in [9.17, 15) is 9.90 Å². The lowest BCUT2D eigenvalue weighted by Crippen LogP contribution is -2.40. The highest BCUT2D eigenvalue weighted by Gasteiger charge is 2.28. The van der Waals surface area contributed by atoms with Crippen LogP contribution < -0.4 is 0 Å². The summed E-state index contributed by atoms with van der Waals surface area (Å²) in [6, 6.07) is 10.2. The zero-order chi connectivity index (χ0) is 15.4. The van der Waals surface area contributed by atoms with Crippen LogP contribution >= 0.6 is 0 Å². The zero-order valence-electron chi connectivity index (χ0n) is 13.2. The second-order valence-corrected chi connectivity index (χ2v) is 6.23. The molecule has 4 nitrogen and oxygen atoms in total. The maximum absolute atomic E-state index is 12.4. The fourth-order valence-corrected chi connectivity index (χ4v) is 2.91. The van der Waals surface area contributed by atoms with Crippen LogP contribution in [0.4, 0.5) is 0 Å². The Morgan fingerprint density at radius 3 is 2.57 bits per heavy atom. The number of rotatable bonds is 5. The summed E-state index contributed by atoms with van der Waals surface area (Å²) in [5.41, 5.74) is 1.15. The van der Waals surface area contributed by atoms with Crippen LogP contribution in [0.1, 0.15) is 31.9 Å². The highest BCUT2D eigenvalue weighted by Crippen LogP contribution is 2.24. The van der Waals surface area contributed by atoms with Crippen molar-refractivity contribution < 1.29 is 9.90 Å². The Hall–Kier alpha value is -1.39. The second-order valence-electron chi connectivity index (χ2n) is 6.23. The molecule has 0 aliphatic carbocycles. The smallest absolute Gasteiger partial charge is 0.225 e. The van der Waals surface area contributed by atoms with E-state index in [1.165, 1.54) is 0 Å². The highest BCUT2D eigenvalue weighted by molar-refractivity contribution is 5.78. The molecule has 21 heavy (non-hydrogen) atoms. The van der Waals surface area contributed by atoms with E-state index in [1.54, 1.807) is 0 Å². The van der Waals surface area contributed by atoms with Crippen LogP contribution in [0.5, 0.6) is 0 Å². The van der Waals surface area contributed by atoms with Gasteiger partial charge in [0.15, 0.2) is 0 Å². The lowest BCUT2D eigenvalue weighted by atomic mass is 10.0. The SMILES string of the molecule is CC(C)C(=O)N(C)C(CN1CCC(O)C1)c1ccccc1. The molecule has 1 amide bonds. The number of aliphatic hydroxyl groups excluding tert-OH is 1. The van der Waals surface area contributed by atoms with Crippen molar-refractivity contribution in [2.45, 2.75) is 32.4 Å². The number of β-amino-alcohol motifs (C(OH)–C–C–N with tert-alkyl or cyclic N) is 1. The number of likely N-dealkylation sites (tertiary alicyclic amines) is 1. The maximum atomic E-state index is 12.4. The van der Waals surface area contributed by atoms with Gasteiger partial charge in [-0.2, -0.15) is 0 Å². The number of aliphatic hydroxyl groups is 1. The van der Waals surface area contributed by atoms with Gasteiger partial charge >= 0.3 is 0 Å². The van der Waals surface area contributed by atoms with E-state index in [-0.39, 0.29) is 24.0 Å². The van der Waals surface area contributed by atoms with Crippen molar-refractivity contribution in [3.05, 3.63) is 35.9 Å². The summed E-state index contributed by atoms with van der Waals surface area (Å²) in [6.45, 7) is 6.23. The molecule has 4 heteroatoms. The third-order valence-electron chi connectivity index (χ3n) is 4.17. The first-order valence-corrected chi connectivity index (χ1v) is 7.71. The first-order chi connectivity index (χ1) is 9.99. The number of amides is 1. The maximum Gasteiger partial charge on any atom is 0.225 e. The topological polar surface area (TPSA) is 43.8 Å². The summed E-state index contributed by atoms with van der Waals surface area (Å²) in [5.74, 6) is 0.147. The molecule has 0 aromatic heterocycles. The molecule has 116 valence electrons. The molecule has 0 spiro atoms. The second kappa shape index (κ2) is 7.05. The van der Waals surface area contributed by atoms with E-state index < -0.39 is 0 Å². The van der Waals surface area contributed by atoms with Gasteiger partial charge in [0.05, 0.1) is 12.1 Å². The van der Waals surface area contributed by atoms with Gasteiger partial charge < -0.3 is 10.0 Å². The number of hydrogen-bond donors (Lipinski definition) is 1. The minimum absolute atomic E-state index is 0.00891. The molecule has 1 fully saturated rings. The van der Waals surface area contributed by atoms with Crippen LogP contribution in [0.25, 0.3) is 0 Å². The van der Waals surface area contributed by atoms with Gasteiger partial charge in [-0.15, -0.1) is 0 Å². The molecule has 1 aliphatic rings. The first-order valence-electron chi connectivity index (χ1n) is 7.71. The highest BCUT2D eigenvalue weighted by atomic mass is 16.3. The van der Waals surface area contributed by atoms with Crippen LogP contribution in [0.15, 0.2) is 30.3 Å². The van der Waals surface area contributed by atoms with E-state index in [1.807, 2.05) is 44.0 Å². The lowest BCUT2D eigenvalue weighted by Gasteiger charge is -2.33. The quantitative estimate of drug-likeness (QED) is 0.901. The summed E-state index contributed by atoms with van der Waals surface area (Å²) in [5, 5.41) is 9.70. The molecule has 1 aromatic rings. The van der Waals surface area contributed by atoms with Crippen LogP contribution in [0, 0.1) is 5.92 Å². The van der Waals surface area contributed by atoms with E-state index in [0.717, 1.165) is 25.1 Å². The molecule has 0 bridgehead atoms. The molecular weight excluding hydrogens is 264 g/mol. The summed E-state index contributed by atoms with van der Waals surface area (Å²) >= 11 is 0. The predicted molar refractivity (Wildman–Crippen MR) is 83.9 cm³/mol. The number of hydrogen-bond acceptors (Lipinski definition) is 3. The number of benzene rings is 1. The normalized spacial score (nSPS) is 20.7. The summed E-state index contributed by atoms with van der Waals surface area (Å²) in [4.78, 5) is 16.4. The number of carbonyl (C=O) groups excluding carboxylic acids is 1. The van der Waals surface area contributed by atoms with Gasteiger partial charge in [-0.25, -0.2) is 0 Å². The molecular formula is C17H26N2O2. The number of nitrogens with zero attached hydrogens (tertiary/aromatic N) is 2. The van der Waals surface area contributed by atoms with E-state index in [0.29, 0.717) is 6.54 Å². The summed E-state index contributed by atoms with van der Waals surface area (Å²) < 4.78 is 0. The fraction of sp³-hybridized carbons (Fsp3) is 0.588. The van der Waals surface area contributed by atoms with Gasteiger partial charge in [-0.3, -0.25) is 9.69 Å². The van der Waals surface area contributed by atoms with E-state index in [2.05, 4.69) is 17.0 Å².